The fraction of sp³-hybridized carbons (Fsp3) is 0.667. The molecule has 0 amide bonds. The van der Waals surface area contributed by atoms with Gasteiger partial charge in [-0.2, -0.15) is 30.7 Å². The van der Waals surface area contributed by atoms with Gasteiger partial charge in [0.25, 0.3) is 5.13 Å². The third-order valence-corrected chi connectivity index (χ3v) is 1.93. The second-order valence-electron chi connectivity index (χ2n) is 2.60. The molecule has 0 bridgehead atoms. The Hall–Kier alpha value is -0.440. The molecule has 0 heterocycles. The molecule has 17 heavy (non-hydrogen) atoms. The van der Waals surface area contributed by atoms with Gasteiger partial charge in [-0.1, -0.05) is 11.6 Å². The standard InChI is InChI=1S/C6H2Cl2F8O/c7-4(12,1-17-3(11)2(9)10)5(13,14)6(8,15)16/h1H2. The van der Waals surface area contributed by atoms with Crippen LogP contribution in [0, 0.1) is 0 Å². The van der Waals surface area contributed by atoms with Crippen molar-refractivity contribution in [2.45, 2.75) is 16.4 Å². The highest BCUT2D eigenvalue weighted by Crippen LogP contribution is 2.49. The predicted molar refractivity (Wildman–Crippen MR) is 41.7 cm³/mol. The Morgan fingerprint density at radius 2 is 1.35 bits per heavy atom. The van der Waals surface area contributed by atoms with E-state index in [-0.39, 0.29) is 0 Å². The molecule has 1 atom stereocenters. The van der Waals surface area contributed by atoms with E-state index in [4.69, 9.17) is 0 Å². The number of ether oxygens (including phenoxy) is 1. The van der Waals surface area contributed by atoms with E-state index < -0.39 is 35.1 Å². The Labute approximate surface area is 98.9 Å². The van der Waals surface area contributed by atoms with Gasteiger partial charge in [-0.25, -0.2) is 4.39 Å². The molecule has 0 aliphatic carbocycles. The minimum Gasteiger partial charge on any atom is -0.462 e. The van der Waals surface area contributed by atoms with Gasteiger partial charge < -0.3 is 4.74 Å². The van der Waals surface area contributed by atoms with E-state index in [0.717, 1.165) is 0 Å². The van der Waals surface area contributed by atoms with E-state index in [9.17, 15) is 35.1 Å². The normalized spacial score (nSPS) is 16.4. The highest BCUT2D eigenvalue weighted by atomic mass is 35.5. The third kappa shape index (κ3) is 3.77. The van der Waals surface area contributed by atoms with Crippen LogP contribution in [0.25, 0.3) is 0 Å². The maximum atomic E-state index is 12.9. The van der Waals surface area contributed by atoms with Crippen molar-refractivity contribution in [2.75, 3.05) is 6.61 Å². The number of hydrogen-bond acceptors (Lipinski definition) is 1. The van der Waals surface area contributed by atoms with Crippen LogP contribution in [0.5, 0.6) is 0 Å². The van der Waals surface area contributed by atoms with Gasteiger partial charge in [0.2, 0.25) is 0 Å². The summed E-state index contributed by atoms with van der Waals surface area (Å²) in [5.41, 5.74) is 0. The van der Waals surface area contributed by atoms with E-state index in [1.807, 2.05) is 0 Å². The Morgan fingerprint density at radius 1 is 0.941 bits per heavy atom. The molecule has 11 heteroatoms. The summed E-state index contributed by atoms with van der Waals surface area (Å²) in [4.78, 5) is 0. The van der Waals surface area contributed by atoms with Gasteiger partial charge in [0.15, 0.2) is 0 Å². The van der Waals surface area contributed by atoms with Gasteiger partial charge in [0, 0.05) is 0 Å². The molecule has 0 fully saturated rings. The van der Waals surface area contributed by atoms with E-state index >= 15 is 0 Å². The van der Waals surface area contributed by atoms with Crippen LogP contribution in [-0.2, 0) is 4.74 Å². The van der Waals surface area contributed by atoms with E-state index in [1.165, 1.54) is 0 Å². The van der Waals surface area contributed by atoms with Crippen LogP contribution in [0.4, 0.5) is 35.1 Å². The van der Waals surface area contributed by atoms with Gasteiger partial charge in [-0.3, -0.25) is 0 Å². The minimum absolute atomic E-state index is 2.30. The molecule has 102 valence electrons. The van der Waals surface area contributed by atoms with Crippen LogP contribution in [0.15, 0.2) is 12.1 Å². The smallest absolute Gasteiger partial charge is 0.388 e. The van der Waals surface area contributed by atoms with Gasteiger partial charge >= 0.3 is 23.4 Å². The quantitative estimate of drug-likeness (QED) is 0.415. The topological polar surface area (TPSA) is 9.23 Å². The zero-order valence-electron chi connectivity index (χ0n) is 7.39. The highest BCUT2D eigenvalue weighted by Gasteiger charge is 2.70. The highest BCUT2D eigenvalue weighted by molar-refractivity contribution is 6.26. The van der Waals surface area contributed by atoms with Gasteiger partial charge in [0.05, 0.1) is 0 Å². The van der Waals surface area contributed by atoms with Crippen molar-refractivity contribution in [3.8, 4) is 0 Å². The molecule has 0 aromatic carbocycles. The number of halogens is 10. The second kappa shape index (κ2) is 5.05. The van der Waals surface area contributed by atoms with Crippen LogP contribution >= 0.6 is 23.2 Å². The Kier molecular flexibility index (Phi) is 4.92. The lowest BCUT2D eigenvalue weighted by Crippen LogP contribution is -2.53. The Bertz CT molecular complexity index is 306. The van der Waals surface area contributed by atoms with Crippen LogP contribution in [-0.4, -0.2) is 23.0 Å². The van der Waals surface area contributed by atoms with Crippen molar-refractivity contribution < 1.29 is 39.9 Å². The van der Waals surface area contributed by atoms with Crippen LogP contribution in [0.2, 0.25) is 0 Å². The van der Waals surface area contributed by atoms with Crippen molar-refractivity contribution in [2.24, 2.45) is 0 Å². The summed E-state index contributed by atoms with van der Waals surface area (Å²) in [5.74, 6) is -5.67. The molecule has 0 aliphatic rings. The molecule has 0 spiro atoms. The molecule has 0 N–H and O–H groups in total. The zero-order valence-corrected chi connectivity index (χ0v) is 8.91. The average Bonchev–Trinajstić information content (AvgIpc) is 2.11. The lowest BCUT2D eigenvalue weighted by atomic mass is 10.2. The Morgan fingerprint density at radius 3 is 1.65 bits per heavy atom. The molecular formula is C6H2Cl2F8O. The van der Waals surface area contributed by atoms with Crippen molar-refractivity contribution in [3.05, 3.63) is 12.1 Å². The minimum atomic E-state index is -5.67. The SMILES string of the molecule is FC(F)=C(F)OCC(F)(Cl)C(F)(F)C(F)(F)Cl. The van der Waals surface area contributed by atoms with Crippen LogP contribution < -0.4 is 0 Å². The van der Waals surface area contributed by atoms with Crippen molar-refractivity contribution >= 4 is 23.2 Å². The predicted octanol–water partition coefficient (Wildman–Crippen LogP) is 4.41. The van der Waals surface area contributed by atoms with Crippen LogP contribution in [0.1, 0.15) is 0 Å². The third-order valence-electron chi connectivity index (χ3n) is 1.34. The largest absolute Gasteiger partial charge is 0.462 e. The first-order valence-electron chi connectivity index (χ1n) is 3.49. The van der Waals surface area contributed by atoms with Crippen molar-refractivity contribution in [3.63, 3.8) is 0 Å². The summed E-state index contributed by atoms with van der Waals surface area (Å²) in [5, 5.41) is -10.1. The average molecular weight is 313 g/mol. The summed E-state index contributed by atoms with van der Waals surface area (Å²) in [7, 11) is 0. The summed E-state index contributed by atoms with van der Waals surface area (Å²) < 4.78 is 100.0. The fourth-order valence-corrected chi connectivity index (χ4v) is 0.878. The number of alkyl halides is 7. The summed E-state index contributed by atoms with van der Waals surface area (Å²) in [6.07, 6.45) is -3.10. The number of hydrogen-bond donors (Lipinski definition) is 0. The molecule has 0 aliphatic heterocycles. The van der Waals surface area contributed by atoms with Gasteiger partial charge in [-0.15, -0.1) is 0 Å². The second-order valence-corrected chi connectivity index (χ2v) is 3.67. The first kappa shape index (κ1) is 16.6. The molecule has 1 nitrogen and oxygen atoms in total. The number of rotatable bonds is 5. The van der Waals surface area contributed by atoms with Gasteiger partial charge in [0.1, 0.15) is 6.61 Å². The maximum Gasteiger partial charge on any atom is 0.388 e. The zero-order chi connectivity index (χ0) is 14.1. The first-order valence-corrected chi connectivity index (χ1v) is 4.24. The summed E-state index contributed by atoms with van der Waals surface area (Å²) in [6, 6.07) is -2.72. The monoisotopic (exact) mass is 312 g/mol. The van der Waals surface area contributed by atoms with Crippen molar-refractivity contribution in [1.82, 2.24) is 0 Å². The van der Waals surface area contributed by atoms with Crippen molar-refractivity contribution in [1.29, 1.82) is 0 Å². The molecule has 0 saturated carbocycles. The van der Waals surface area contributed by atoms with Gasteiger partial charge in [-0.05, 0) is 11.6 Å². The molecule has 0 radical (unpaired) electrons. The van der Waals surface area contributed by atoms with E-state index in [0.29, 0.717) is 0 Å². The summed E-state index contributed by atoms with van der Waals surface area (Å²) in [6.45, 7) is -2.30. The lowest BCUT2D eigenvalue weighted by Gasteiger charge is -2.29. The molecular weight excluding hydrogens is 311 g/mol. The van der Waals surface area contributed by atoms with E-state index in [2.05, 4.69) is 27.9 Å². The molecule has 0 rings (SSSR count). The fourth-order valence-electron chi connectivity index (χ4n) is 0.507. The molecule has 0 aromatic heterocycles. The first-order chi connectivity index (χ1) is 7.33. The van der Waals surface area contributed by atoms with Crippen LogP contribution in [0.3, 0.4) is 0 Å². The summed E-state index contributed by atoms with van der Waals surface area (Å²) >= 11 is 8.19. The Balaban J connectivity index is 4.87. The molecule has 1 unspecified atom stereocenters. The molecule has 0 saturated heterocycles. The maximum absolute atomic E-state index is 12.9. The van der Waals surface area contributed by atoms with E-state index in [1.54, 1.807) is 0 Å². The molecule has 0 aromatic rings. The lowest BCUT2D eigenvalue weighted by molar-refractivity contribution is -0.218.